The van der Waals surface area contributed by atoms with Gasteiger partial charge in [0.2, 0.25) is 5.88 Å². The van der Waals surface area contributed by atoms with Crippen molar-refractivity contribution < 1.29 is 19.0 Å². The van der Waals surface area contributed by atoms with E-state index in [1.807, 2.05) is 30.3 Å². The summed E-state index contributed by atoms with van der Waals surface area (Å²) in [5.41, 5.74) is 2.59. The van der Waals surface area contributed by atoms with Gasteiger partial charge in [-0.15, -0.1) is 0 Å². The molecule has 2 aromatic carbocycles. The maximum atomic E-state index is 14.6. The molecule has 0 aliphatic carbocycles. The number of hydrogen-bond donors (Lipinski definition) is 1. The summed E-state index contributed by atoms with van der Waals surface area (Å²) in [5, 5.41) is 15.6. The normalized spacial score (nSPS) is 12.5. The summed E-state index contributed by atoms with van der Waals surface area (Å²) in [6.45, 7) is 8.48. The van der Waals surface area contributed by atoms with Gasteiger partial charge in [0.05, 0.1) is 29.7 Å². The van der Waals surface area contributed by atoms with Crippen LogP contribution in [0, 0.1) is 5.82 Å². The molecule has 0 saturated heterocycles. The van der Waals surface area contributed by atoms with Crippen LogP contribution in [-0.2, 0) is 11.3 Å². The lowest BCUT2D eigenvalue weighted by Gasteiger charge is -2.25. The molecular formula is C28H38FN3O3. The van der Waals surface area contributed by atoms with Crippen molar-refractivity contribution in [3.05, 3.63) is 71.7 Å². The molecule has 0 aliphatic heterocycles. The summed E-state index contributed by atoms with van der Waals surface area (Å²) < 4.78 is 27.9. The van der Waals surface area contributed by atoms with Crippen LogP contribution in [0.2, 0.25) is 0 Å². The Morgan fingerprint density at radius 1 is 1.09 bits per heavy atom. The van der Waals surface area contributed by atoms with Crippen LogP contribution in [0.4, 0.5) is 4.39 Å². The van der Waals surface area contributed by atoms with Crippen molar-refractivity contribution >= 4 is 0 Å². The zero-order valence-electron chi connectivity index (χ0n) is 21.3. The lowest BCUT2D eigenvalue weighted by molar-refractivity contribution is 0.0786. The summed E-state index contributed by atoms with van der Waals surface area (Å²) >= 11 is 0. The van der Waals surface area contributed by atoms with E-state index in [0.29, 0.717) is 32.1 Å². The Bertz CT molecular complexity index is 1040. The second-order valence-electron chi connectivity index (χ2n) is 9.13. The number of para-hydroxylation sites is 2. The first-order chi connectivity index (χ1) is 16.9. The molecule has 0 spiro atoms. The van der Waals surface area contributed by atoms with Crippen LogP contribution < -0.4 is 4.74 Å². The number of rotatable bonds is 14. The van der Waals surface area contributed by atoms with Crippen LogP contribution in [0.3, 0.4) is 0 Å². The van der Waals surface area contributed by atoms with Gasteiger partial charge in [-0.05, 0) is 36.6 Å². The minimum Gasteiger partial charge on any atom is -0.435 e. The number of aliphatic hydroxyl groups is 1. The van der Waals surface area contributed by atoms with Crippen molar-refractivity contribution in [1.29, 1.82) is 0 Å². The molecule has 6 nitrogen and oxygen atoms in total. The number of hydrogen-bond acceptors (Lipinski definition) is 5. The topological polar surface area (TPSA) is 59.8 Å². The van der Waals surface area contributed by atoms with E-state index in [9.17, 15) is 9.50 Å². The Kier molecular flexibility index (Phi) is 10.3. The highest BCUT2D eigenvalue weighted by Crippen LogP contribution is 2.35. The first-order valence-corrected chi connectivity index (χ1v) is 12.4. The van der Waals surface area contributed by atoms with Crippen LogP contribution in [0.1, 0.15) is 57.2 Å². The number of aromatic nitrogens is 2. The van der Waals surface area contributed by atoms with Gasteiger partial charge in [0.25, 0.3) is 0 Å². The fraction of sp³-hybridized carbons (Fsp3) is 0.464. The molecule has 0 unspecified atom stereocenters. The molecule has 0 amide bonds. The van der Waals surface area contributed by atoms with Crippen LogP contribution in [-0.4, -0.2) is 52.7 Å². The molecular weight excluding hydrogens is 445 g/mol. The van der Waals surface area contributed by atoms with Crippen LogP contribution in [0.5, 0.6) is 11.6 Å². The molecule has 0 saturated carbocycles. The summed E-state index contributed by atoms with van der Waals surface area (Å²) in [5.74, 6) is 0.312. The largest absolute Gasteiger partial charge is 0.435 e. The molecule has 0 radical (unpaired) electrons. The fourth-order valence-electron chi connectivity index (χ4n) is 4.05. The minimum atomic E-state index is -0.436. The molecule has 3 rings (SSSR count). The third-order valence-corrected chi connectivity index (χ3v) is 5.91. The molecule has 3 aromatic rings. The van der Waals surface area contributed by atoms with Gasteiger partial charge in [-0.2, -0.15) is 5.10 Å². The zero-order chi connectivity index (χ0) is 25.2. The van der Waals surface area contributed by atoms with Gasteiger partial charge >= 0.3 is 0 Å². The Labute approximate surface area is 208 Å². The van der Waals surface area contributed by atoms with E-state index < -0.39 is 11.9 Å². The van der Waals surface area contributed by atoms with Crippen LogP contribution in [0.25, 0.3) is 5.69 Å². The van der Waals surface area contributed by atoms with E-state index in [4.69, 9.17) is 14.6 Å². The third kappa shape index (κ3) is 7.37. The highest BCUT2D eigenvalue weighted by molar-refractivity contribution is 5.44. The van der Waals surface area contributed by atoms with Crippen molar-refractivity contribution in [3.63, 3.8) is 0 Å². The molecule has 1 aromatic heterocycles. The third-order valence-electron chi connectivity index (χ3n) is 5.91. The van der Waals surface area contributed by atoms with Gasteiger partial charge in [-0.25, -0.2) is 9.07 Å². The Hall–Kier alpha value is -2.74. The van der Waals surface area contributed by atoms with Gasteiger partial charge in [0, 0.05) is 26.7 Å². The molecule has 1 heterocycles. The van der Waals surface area contributed by atoms with Crippen LogP contribution in [0.15, 0.2) is 54.6 Å². The van der Waals surface area contributed by atoms with Crippen molar-refractivity contribution in [1.82, 2.24) is 14.7 Å². The maximum absolute atomic E-state index is 14.6. The first-order valence-electron chi connectivity index (χ1n) is 12.4. The molecule has 1 N–H and O–H groups in total. The highest BCUT2D eigenvalue weighted by atomic mass is 19.1. The highest BCUT2D eigenvalue weighted by Gasteiger charge is 2.26. The summed E-state index contributed by atoms with van der Waals surface area (Å²) in [4.78, 5) is 2.16. The average Bonchev–Trinajstić information content (AvgIpc) is 3.21. The molecule has 35 heavy (non-hydrogen) atoms. The SMILES string of the molecule is CCCC[C@H](O)CN(CCOC)Cc1c(C(C)C)nn(-c2ccccc2)c1Oc1ccccc1F. The second kappa shape index (κ2) is 13.4. The first kappa shape index (κ1) is 26.9. The van der Waals surface area contributed by atoms with E-state index in [2.05, 4.69) is 25.7 Å². The minimum absolute atomic E-state index is 0.118. The Morgan fingerprint density at radius 3 is 2.46 bits per heavy atom. The Morgan fingerprint density at radius 2 is 1.80 bits per heavy atom. The lowest BCUT2D eigenvalue weighted by Crippen LogP contribution is -2.34. The van der Waals surface area contributed by atoms with Crippen molar-refractivity contribution in [2.45, 2.75) is 58.6 Å². The van der Waals surface area contributed by atoms with Gasteiger partial charge in [0.1, 0.15) is 0 Å². The number of nitrogens with zero attached hydrogens (tertiary/aromatic N) is 3. The van der Waals surface area contributed by atoms with Gasteiger partial charge < -0.3 is 14.6 Å². The average molecular weight is 484 g/mol. The predicted octanol–water partition coefficient (Wildman–Crippen LogP) is 5.93. The van der Waals surface area contributed by atoms with Crippen LogP contribution >= 0.6 is 0 Å². The lowest BCUT2D eigenvalue weighted by atomic mass is 10.0. The molecule has 7 heteroatoms. The Balaban J connectivity index is 2.05. The summed E-state index contributed by atoms with van der Waals surface area (Å²) in [6, 6.07) is 16.1. The number of aliphatic hydroxyl groups excluding tert-OH is 1. The van der Waals surface area contributed by atoms with Crippen molar-refractivity contribution in [2.75, 3.05) is 26.8 Å². The molecule has 0 bridgehead atoms. The number of unbranched alkanes of at least 4 members (excludes halogenated alkanes) is 1. The monoisotopic (exact) mass is 483 g/mol. The van der Waals surface area contributed by atoms with Gasteiger partial charge in [-0.3, -0.25) is 4.90 Å². The number of methoxy groups -OCH3 is 1. The molecule has 1 atom stereocenters. The molecule has 0 aliphatic rings. The van der Waals surface area contributed by atoms with E-state index >= 15 is 0 Å². The fourth-order valence-corrected chi connectivity index (χ4v) is 4.05. The number of benzene rings is 2. The van der Waals surface area contributed by atoms with Gasteiger partial charge in [0.15, 0.2) is 11.6 Å². The molecule has 190 valence electrons. The van der Waals surface area contributed by atoms with Gasteiger partial charge in [-0.1, -0.05) is 63.9 Å². The summed E-state index contributed by atoms with van der Waals surface area (Å²) in [6.07, 6.45) is 2.33. The van der Waals surface area contributed by atoms with E-state index in [-0.39, 0.29) is 11.7 Å². The standard InChI is InChI=1S/C28H38FN3O3/c1-5-6-14-23(33)19-31(17-18-34-4)20-24-27(21(2)3)30-32(22-12-8-7-9-13-22)28(24)35-26-16-11-10-15-25(26)29/h7-13,15-16,21,23,33H,5-6,14,17-20H2,1-4H3/t23-/m0/s1. The zero-order valence-corrected chi connectivity index (χ0v) is 21.3. The summed E-state index contributed by atoms with van der Waals surface area (Å²) in [7, 11) is 1.67. The smallest absolute Gasteiger partial charge is 0.227 e. The van der Waals surface area contributed by atoms with Crippen molar-refractivity contribution in [3.8, 4) is 17.3 Å². The van der Waals surface area contributed by atoms with E-state index in [1.165, 1.54) is 6.07 Å². The maximum Gasteiger partial charge on any atom is 0.227 e. The predicted molar refractivity (Wildman–Crippen MR) is 137 cm³/mol. The quantitative estimate of drug-likeness (QED) is 0.308. The van der Waals surface area contributed by atoms with Crippen molar-refractivity contribution in [2.24, 2.45) is 0 Å². The van der Waals surface area contributed by atoms with E-state index in [1.54, 1.807) is 30.0 Å². The second-order valence-corrected chi connectivity index (χ2v) is 9.13. The number of halogens is 1. The molecule has 0 fully saturated rings. The number of ether oxygens (including phenoxy) is 2. The van der Waals surface area contributed by atoms with E-state index in [0.717, 1.165) is 36.2 Å².